The predicted octanol–water partition coefficient (Wildman–Crippen LogP) is 4.99. The number of rotatable bonds is 5. The van der Waals surface area contributed by atoms with Crippen LogP contribution in [0, 0.1) is 11.8 Å². The Balaban J connectivity index is 1.40. The van der Waals surface area contributed by atoms with Crippen LogP contribution in [0.15, 0.2) is 48.5 Å². The van der Waals surface area contributed by atoms with Gasteiger partial charge in [-0.05, 0) is 66.6 Å². The van der Waals surface area contributed by atoms with Crippen LogP contribution in [0.25, 0.3) is 21.2 Å². The number of fused-ring (bicyclic) bond motifs is 4. The summed E-state index contributed by atoms with van der Waals surface area (Å²) in [7, 11) is 0. The summed E-state index contributed by atoms with van der Waals surface area (Å²) in [5.74, 6) is 0.575. The summed E-state index contributed by atoms with van der Waals surface area (Å²) in [6.45, 7) is 7.07. The van der Waals surface area contributed by atoms with E-state index in [1.165, 1.54) is 25.9 Å². The van der Waals surface area contributed by atoms with Crippen LogP contribution in [-0.2, 0) is 4.79 Å². The molecule has 0 saturated carbocycles. The van der Waals surface area contributed by atoms with Crippen LogP contribution < -0.4 is 10.6 Å². The molecule has 1 aromatic heterocycles. The van der Waals surface area contributed by atoms with E-state index in [2.05, 4.69) is 27.7 Å². The molecule has 0 radical (unpaired) electrons. The topological polar surface area (TPSA) is 61.4 Å². The van der Waals surface area contributed by atoms with Crippen molar-refractivity contribution in [3.63, 3.8) is 0 Å². The molecular formula is C26H29N3O2S. The zero-order valence-electron chi connectivity index (χ0n) is 18.6. The quantitative estimate of drug-likeness (QED) is 0.579. The van der Waals surface area contributed by atoms with Gasteiger partial charge in [0.1, 0.15) is 0 Å². The highest BCUT2D eigenvalue weighted by Crippen LogP contribution is 2.36. The van der Waals surface area contributed by atoms with E-state index in [1.54, 1.807) is 11.3 Å². The van der Waals surface area contributed by atoms with Crippen molar-refractivity contribution in [2.24, 2.45) is 11.8 Å². The van der Waals surface area contributed by atoms with Gasteiger partial charge in [0.05, 0.1) is 4.88 Å². The number of thiophene rings is 1. The maximum atomic E-state index is 13.1. The van der Waals surface area contributed by atoms with Crippen LogP contribution in [-0.4, -0.2) is 42.4 Å². The molecule has 6 rings (SSSR count). The molecule has 3 aliphatic rings. The number of carbonyl (C=O) groups is 2. The van der Waals surface area contributed by atoms with Gasteiger partial charge in [-0.2, -0.15) is 0 Å². The van der Waals surface area contributed by atoms with Crippen LogP contribution >= 0.6 is 11.3 Å². The molecule has 5 nitrogen and oxygen atoms in total. The number of amides is 2. The molecule has 2 bridgehead atoms. The van der Waals surface area contributed by atoms with Gasteiger partial charge in [-0.15, -0.1) is 11.3 Å². The largest absolute Gasteiger partial charge is 0.347 e. The van der Waals surface area contributed by atoms with Crippen LogP contribution in [0.4, 0.5) is 5.69 Å². The fraction of sp³-hybridized carbons (Fsp3) is 0.385. The second-order valence-electron chi connectivity index (χ2n) is 9.28. The maximum absolute atomic E-state index is 13.1. The van der Waals surface area contributed by atoms with Crippen LogP contribution in [0.1, 0.15) is 36.4 Å². The third kappa shape index (κ3) is 4.17. The Morgan fingerprint density at radius 2 is 1.84 bits per heavy atom. The van der Waals surface area contributed by atoms with Crippen molar-refractivity contribution in [3.05, 3.63) is 53.4 Å². The van der Waals surface area contributed by atoms with Gasteiger partial charge >= 0.3 is 0 Å². The summed E-state index contributed by atoms with van der Waals surface area (Å²) in [5.41, 5.74) is 2.90. The average molecular weight is 448 g/mol. The molecular weight excluding hydrogens is 418 g/mol. The lowest BCUT2D eigenvalue weighted by Crippen LogP contribution is -2.57. The van der Waals surface area contributed by atoms with Crippen molar-refractivity contribution in [1.82, 2.24) is 10.2 Å². The summed E-state index contributed by atoms with van der Waals surface area (Å²) in [5, 5.41) is 7.36. The minimum atomic E-state index is -0.0726. The summed E-state index contributed by atoms with van der Waals surface area (Å²) < 4.78 is 1.10. The van der Waals surface area contributed by atoms with Crippen LogP contribution in [0.3, 0.4) is 0 Å². The molecule has 166 valence electrons. The van der Waals surface area contributed by atoms with Crippen molar-refractivity contribution in [1.29, 1.82) is 0 Å². The number of piperidine rings is 3. The van der Waals surface area contributed by atoms with Gasteiger partial charge in [0.25, 0.3) is 5.91 Å². The summed E-state index contributed by atoms with van der Waals surface area (Å²) in [6, 6.07) is 16.3. The Kier molecular flexibility index (Phi) is 5.74. The van der Waals surface area contributed by atoms with Crippen molar-refractivity contribution in [2.45, 2.75) is 32.7 Å². The number of carbonyl (C=O) groups excluding carboxylic acids is 2. The fourth-order valence-corrected chi connectivity index (χ4v) is 5.92. The van der Waals surface area contributed by atoms with Crippen molar-refractivity contribution in [2.75, 3.05) is 25.0 Å². The van der Waals surface area contributed by atoms with Gasteiger partial charge in [0.2, 0.25) is 5.91 Å². The number of anilines is 1. The number of nitrogens with zero attached hydrogens (tertiary/aromatic N) is 1. The Labute approximate surface area is 192 Å². The minimum Gasteiger partial charge on any atom is -0.347 e. The number of hydrogen-bond donors (Lipinski definition) is 2. The van der Waals surface area contributed by atoms with Crippen molar-refractivity contribution in [3.8, 4) is 11.1 Å². The first-order valence-electron chi connectivity index (χ1n) is 11.4. The Morgan fingerprint density at radius 1 is 1.06 bits per heavy atom. The lowest BCUT2D eigenvalue weighted by molar-refractivity contribution is -0.118. The van der Waals surface area contributed by atoms with Gasteiger partial charge in [0, 0.05) is 28.9 Å². The van der Waals surface area contributed by atoms with Crippen LogP contribution in [0.2, 0.25) is 0 Å². The smallest absolute Gasteiger partial charge is 0.261 e. The number of benzene rings is 2. The lowest BCUT2D eigenvalue weighted by Gasteiger charge is -2.44. The van der Waals surface area contributed by atoms with E-state index in [4.69, 9.17) is 0 Å². The third-order valence-corrected chi connectivity index (χ3v) is 7.89. The minimum absolute atomic E-state index is 0.00295. The van der Waals surface area contributed by atoms with Gasteiger partial charge in [-0.1, -0.05) is 44.2 Å². The molecule has 3 fully saturated rings. The fourth-order valence-electron chi connectivity index (χ4n) is 4.82. The summed E-state index contributed by atoms with van der Waals surface area (Å²) in [4.78, 5) is 28.4. The van der Waals surface area contributed by atoms with Gasteiger partial charge in [0.15, 0.2) is 0 Å². The van der Waals surface area contributed by atoms with E-state index >= 15 is 0 Å². The first-order chi connectivity index (χ1) is 15.5. The average Bonchev–Trinajstić information content (AvgIpc) is 3.25. The molecule has 3 aromatic rings. The van der Waals surface area contributed by atoms with E-state index in [1.807, 2.05) is 50.2 Å². The molecule has 2 amide bonds. The highest BCUT2D eigenvalue weighted by molar-refractivity contribution is 7.21. The maximum Gasteiger partial charge on any atom is 0.261 e. The molecule has 3 aliphatic heterocycles. The monoisotopic (exact) mass is 447 g/mol. The van der Waals surface area contributed by atoms with Gasteiger partial charge < -0.3 is 15.5 Å². The Morgan fingerprint density at radius 3 is 2.56 bits per heavy atom. The molecule has 1 atom stereocenters. The summed E-state index contributed by atoms with van der Waals surface area (Å²) in [6.07, 6.45) is 2.37. The SMILES string of the molecule is CC(C)C(=O)Nc1cccc(-c2cccc3cc(C(=O)NC4CN5CCC4CC5)sc23)c1. The lowest BCUT2D eigenvalue weighted by atomic mass is 9.84. The van der Waals surface area contributed by atoms with Crippen molar-refractivity contribution >= 4 is 38.9 Å². The highest BCUT2D eigenvalue weighted by Gasteiger charge is 2.35. The van der Waals surface area contributed by atoms with E-state index in [0.717, 1.165) is 38.3 Å². The van der Waals surface area contributed by atoms with E-state index in [-0.39, 0.29) is 23.8 Å². The highest BCUT2D eigenvalue weighted by atomic mass is 32.1. The molecule has 6 heteroatoms. The van der Waals surface area contributed by atoms with Gasteiger partial charge in [-0.3, -0.25) is 9.59 Å². The predicted molar refractivity (Wildman–Crippen MR) is 131 cm³/mol. The van der Waals surface area contributed by atoms with E-state index in [9.17, 15) is 9.59 Å². The summed E-state index contributed by atoms with van der Waals surface area (Å²) >= 11 is 1.55. The van der Waals surface area contributed by atoms with Crippen molar-refractivity contribution < 1.29 is 9.59 Å². The second-order valence-corrected chi connectivity index (χ2v) is 10.3. The Bertz CT molecular complexity index is 1160. The zero-order valence-corrected chi connectivity index (χ0v) is 19.4. The molecule has 0 spiro atoms. The number of hydrogen-bond acceptors (Lipinski definition) is 4. The Hall–Kier alpha value is -2.70. The molecule has 0 aliphatic carbocycles. The van der Waals surface area contributed by atoms with Crippen LogP contribution in [0.5, 0.6) is 0 Å². The first-order valence-corrected chi connectivity index (χ1v) is 12.3. The molecule has 2 aromatic carbocycles. The molecule has 32 heavy (non-hydrogen) atoms. The first kappa shape index (κ1) is 21.2. The standard InChI is InChI=1S/C26H29N3O2S/c1-16(2)25(30)27-20-7-3-5-18(13-20)21-8-4-6-19-14-23(32-24(19)21)26(31)28-22-15-29-11-9-17(22)10-12-29/h3-8,13-14,16-17,22H,9-12,15H2,1-2H3,(H,27,30)(H,28,31). The second kappa shape index (κ2) is 8.68. The molecule has 3 saturated heterocycles. The zero-order chi connectivity index (χ0) is 22.2. The van der Waals surface area contributed by atoms with E-state index < -0.39 is 0 Å². The van der Waals surface area contributed by atoms with Gasteiger partial charge in [-0.25, -0.2) is 0 Å². The molecule has 1 unspecified atom stereocenters. The van der Waals surface area contributed by atoms with E-state index in [0.29, 0.717) is 5.92 Å². The normalized spacial score (nSPS) is 22.3. The molecule has 2 N–H and O–H groups in total. The third-order valence-electron chi connectivity index (χ3n) is 6.71. The number of nitrogens with one attached hydrogen (secondary N) is 2. The molecule has 4 heterocycles.